The van der Waals surface area contributed by atoms with Crippen molar-refractivity contribution in [2.75, 3.05) is 0 Å². The van der Waals surface area contributed by atoms with Crippen LogP contribution in [0.4, 0.5) is 0 Å². The van der Waals surface area contributed by atoms with Gasteiger partial charge in [0.25, 0.3) is 0 Å². The van der Waals surface area contributed by atoms with Crippen LogP contribution in [0.5, 0.6) is 0 Å². The summed E-state index contributed by atoms with van der Waals surface area (Å²) in [5.74, 6) is 0.101. The SMILES string of the molecule is Cc1nccn1-c1ccc(C(N)CCC(=O)O)cc1. The molecule has 1 aromatic carbocycles. The maximum Gasteiger partial charge on any atom is 0.303 e. The smallest absolute Gasteiger partial charge is 0.303 e. The highest BCUT2D eigenvalue weighted by molar-refractivity contribution is 5.66. The van der Waals surface area contributed by atoms with Crippen LogP contribution in [0.1, 0.15) is 30.3 Å². The normalized spacial score (nSPS) is 12.3. The maximum atomic E-state index is 10.5. The monoisotopic (exact) mass is 259 g/mol. The number of carbonyl (C=O) groups is 1. The average Bonchev–Trinajstić information content (AvgIpc) is 2.82. The predicted octanol–water partition coefficient (Wildman–Crippen LogP) is 2.05. The number of benzene rings is 1. The van der Waals surface area contributed by atoms with Gasteiger partial charge in [-0.3, -0.25) is 4.79 Å². The van der Waals surface area contributed by atoms with Crippen molar-refractivity contribution in [3.8, 4) is 5.69 Å². The first-order valence-corrected chi connectivity index (χ1v) is 6.15. The minimum atomic E-state index is -0.818. The first-order valence-electron chi connectivity index (χ1n) is 6.15. The number of carboxylic acid groups (broad SMARTS) is 1. The van der Waals surface area contributed by atoms with E-state index in [4.69, 9.17) is 10.8 Å². The average molecular weight is 259 g/mol. The van der Waals surface area contributed by atoms with E-state index in [0.717, 1.165) is 17.1 Å². The molecule has 1 heterocycles. The number of carboxylic acids is 1. The lowest BCUT2D eigenvalue weighted by Crippen LogP contribution is -2.12. The number of aromatic nitrogens is 2. The number of aryl methyl sites for hydroxylation is 1. The lowest BCUT2D eigenvalue weighted by Gasteiger charge is -2.12. The first kappa shape index (κ1) is 13.3. The summed E-state index contributed by atoms with van der Waals surface area (Å²) in [5.41, 5.74) is 7.92. The topological polar surface area (TPSA) is 81.1 Å². The standard InChI is InChI=1S/C14H17N3O2/c1-10-16-8-9-17(10)12-4-2-11(3-5-12)13(15)6-7-14(18)19/h2-5,8-9,13H,6-7,15H2,1H3,(H,18,19). The third kappa shape index (κ3) is 3.20. The third-order valence-corrected chi connectivity index (χ3v) is 3.09. The molecule has 0 spiro atoms. The van der Waals surface area contributed by atoms with Crippen LogP contribution in [-0.4, -0.2) is 20.6 Å². The second kappa shape index (κ2) is 5.67. The molecule has 19 heavy (non-hydrogen) atoms. The van der Waals surface area contributed by atoms with Crippen LogP contribution in [0.15, 0.2) is 36.7 Å². The van der Waals surface area contributed by atoms with Crippen LogP contribution >= 0.6 is 0 Å². The summed E-state index contributed by atoms with van der Waals surface area (Å²) < 4.78 is 1.98. The Morgan fingerprint density at radius 3 is 2.63 bits per heavy atom. The van der Waals surface area contributed by atoms with Gasteiger partial charge in [0.1, 0.15) is 5.82 Å². The van der Waals surface area contributed by atoms with E-state index in [1.54, 1.807) is 6.20 Å². The molecule has 0 bridgehead atoms. The molecular weight excluding hydrogens is 242 g/mol. The molecule has 0 aliphatic carbocycles. The second-order valence-corrected chi connectivity index (χ2v) is 4.47. The highest BCUT2D eigenvalue weighted by atomic mass is 16.4. The van der Waals surface area contributed by atoms with Crippen molar-refractivity contribution in [1.29, 1.82) is 0 Å². The molecule has 3 N–H and O–H groups in total. The van der Waals surface area contributed by atoms with Gasteiger partial charge in [-0.15, -0.1) is 0 Å². The molecular formula is C14H17N3O2. The molecule has 100 valence electrons. The summed E-state index contributed by atoms with van der Waals surface area (Å²) in [4.78, 5) is 14.7. The van der Waals surface area contributed by atoms with Crippen LogP contribution in [0.25, 0.3) is 5.69 Å². The molecule has 0 aliphatic heterocycles. The zero-order chi connectivity index (χ0) is 13.8. The fourth-order valence-electron chi connectivity index (χ4n) is 1.98. The number of rotatable bonds is 5. The molecule has 5 heteroatoms. The molecule has 0 saturated carbocycles. The van der Waals surface area contributed by atoms with E-state index >= 15 is 0 Å². The van der Waals surface area contributed by atoms with Gasteiger partial charge in [-0.05, 0) is 31.0 Å². The highest BCUT2D eigenvalue weighted by Crippen LogP contribution is 2.18. The van der Waals surface area contributed by atoms with Crippen LogP contribution in [0, 0.1) is 6.92 Å². The van der Waals surface area contributed by atoms with Crippen molar-refractivity contribution in [3.05, 3.63) is 48.0 Å². The van der Waals surface area contributed by atoms with Crippen LogP contribution in [-0.2, 0) is 4.79 Å². The fraction of sp³-hybridized carbons (Fsp3) is 0.286. The van der Waals surface area contributed by atoms with Crippen molar-refractivity contribution in [2.24, 2.45) is 5.73 Å². The minimum absolute atomic E-state index is 0.0869. The van der Waals surface area contributed by atoms with Gasteiger partial charge < -0.3 is 15.4 Å². The van der Waals surface area contributed by atoms with Gasteiger partial charge in [0.15, 0.2) is 0 Å². The summed E-state index contributed by atoms with van der Waals surface area (Å²) >= 11 is 0. The summed E-state index contributed by atoms with van der Waals surface area (Å²) in [6, 6.07) is 7.55. The predicted molar refractivity (Wildman–Crippen MR) is 72.1 cm³/mol. The van der Waals surface area contributed by atoms with E-state index in [-0.39, 0.29) is 12.5 Å². The van der Waals surface area contributed by atoms with Gasteiger partial charge in [-0.1, -0.05) is 12.1 Å². The Bertz CT molecular complexity index is 560. The zero-order valence-electron chi connectivity index (χ0n) is 10.8. The molecule has 0 amide bonds. The second-order valence-electron chi connectivity index (χ2n) is 4.47. The Morgan fingerprint density at radius 2 is 2.11 bits per heavy atom. The summed E-state index contributed by atoms with van der Waals surface area (Å²) in [6.07, 6.45) is 4.18. The Kier molecular flexibility index (Phi) is 3.97. The Balaban J connectivity index is 2.10. The number of hydrogen-bond donors (Lipinski definition) is 2. The van der Waals surface area contributed by atoms with E-state index in [0.29, 0.717) is 6.42 Å². The highest BCUT2D eigenvalue weighted by Gasteiger charge is 2.09. The van der Waals surface area contributed by atoms with Crippen molar-refractivity contribution >= 4 is 5.97 Å². The van der Waals surface area contributed by atoms with Gasteiger partial charge in [0, 0.05) is 30.5 Å². The molecule has 0 aliphatic rings. The van der Waals surface area contributed by atoms with Gasteiger partial charge >= 0.3 is 5.97 Å². The summed E-state index contributed by atoms with van der Waals surface area (Å²) in [7, 11) is 0. The number of imidazole rings is 1. The summed E-state index contributed by atoms with van der Waals surface area (Å²) in [5, 5.41) is 8.64. The quantitative estimate of drug-likeness (QED) is 0.861. The minimum Gasteiger partial charge on any atom is -0.481 e. The zero-order valence-corrected chi connectivity index (χ0v) is 10.8. The summed E-state index contributed by atoms with van der Waals surface area (Å²) in [6.45, 7) is 1.94. The molecule has 0 saturated heterocycles. The molecule has 1 atom stereocenters. The van der Waals surface area contributed by atoms with Crippen molar-refractivity contribution in [1.82, 2.24) is 9.55 Å². The number of aliphatic carboxylic acids is 1. The number of nitrogens with two attached hydrogens (primary N) is 1. The Morgan fingerprint density at radius 1 is 1.42 bits per heavy atom. The van der Waals surface area contributed by atoms with E-state index in [9.17, 15) is 4.79 Å². The van der Waals surface area contributed by atoms with Crippen LogP contribution in [0.2, 0.25) is 0 Å². The van der Waals surface area contributed by atoms with E-state index in [1.165, 1.54) is 0 Å². The van der Waals surface area contributed by atoms with Crippen LogP contribution in [0.3, 0.4) is 0 Å². The van der Waals surface area contributed by atoms with Gasteiger partial charge in [-0.25, -0.2) is 4.98 Å². The number of nitrogens with zero attached hydrogens (tertiary/aromatic N) is 2. The van der Waals surface area contributed by atoms with Crippen molar-refractivity contribution < 1.29 is 9.90 Å². The van der Waals surface area contributed by atoms with Gasteiger partial charge in [0.2, 0.25) is 0 Å². The molecule has 5 nitrogen and oxygen atoms in total. The van der Waals surface area contributed by atoms with E-state index in [2.05, 4.69) is 4.98 Å². The molecule has 0 fully saturated rings. The third-order valence-electron chi connectivity index (χ3n) is 3.09. The molecule has 2 rings (SSSR count). The van der Waals surface area contributed by atoms with E-state index < -0.39 is 5.97 Å². The first-order chi connectivity index (χ1) is 9.08. The lowest BCUT2D eigenvalue weighted by molar-refractivity contribution is -0.137. The molecule has 1 aromatic heterocycles. The molecule has 0 radical (unpaired) electrons. The molecule has 1 unspecified atom stereocenters. The molecule has 2 aromatic rings. The van der Waals surface area contributed by atoms with Gasteiger partial charge in [-0.2, -0.15) is 0 Å². The Labute approximate surface area is 111 Å². The maximum absolute atomic E-state index is 10.5. The van der Waals surface area contributed by atoms with Crippen molar-refractivity contribution in [3.63, 3.8) is 0 Å². The Hall–Kier alpha value is -2.14. The van der Waals surface area contributed by atoms with E-state index in [1.807, 2.05) is 42.0 Å². The van der Waals surface area contributed by atoms with Gasteiger partial charge in [0.05, 0.1) is 0 Å². The lowest BCUT2D eigenvalue weighted by atomic mass is 10.0. The van der Waals surface area contributed by atoms with Crippen molar-refractivity contribution in [2.45, 2.75) is 25.8 Å². The number of hydrogen-bond acceptors (Lipinski definition) is 3. The fourth-order valence-corrected chi connectivity index (χ4v) is 1.98. The largest absolute Gasteiger partial charge is 0.481 e. The van der Waals surface area contributed by atoms with Crippen LogP contribution < -0.4 is 5.73 Å².